The fourth-order valence-electron chi connectivity index (χ4n) is 4.45. The Hall–Kier alpha value is -3.48. The summed E-state index contributed by atoms with van der Waals surface area (Å²) in [6, 6.07) is 14.2. The zero-order valence-electron chi connectivity index (χ0n) is 24.5. The molecule has 0 N–H and O–H groups in total. The Morgan fingerprint density at radius 2 is 1.72 bits per heavy atom. The molecule has 3 rings (SSSR count). The number of methoxy groups -OCH3 is 1. The SMILES string of the molecule is CC.CCOC(=O)C(N=C(C)CN(CCCc1cccc(F)c1)C(=O)C1(c2ccc(OC)cc2)CC1)=C(C)C. The largest absolute Gasteiger partial charge is 0.497 e. The van der Waals surface area contributed by atoms with Crippen LogP contribution in [0.15, 0.2) is 64.8 Å². The van der Waals surface area contributed by atoms with Crippen LogP contribution < -0.4 is 4.74 Å². The molecule has 0 spiro atoms. The standard InChI is InChI=1S/C30H37FN2O4.C2H6/c1-6-37-28(34)27(21(2)3)32-22(4)20-33(18-8-10-23-9-7-11-25(31)19-23)29(35)30(16-17-30)24-12-14-26(36-5)15-13-24;1-2/h7,9,11-15,19H,6,8,10,16-18,20H2,1-5H3;1-2H3. The summed E-state index contributed by atoms with van der Waals surface area (Å²) in [6.07, 6.45) is 2.87. The number of carbonyl (C=O) groups excluding carboxylic acids is 2. The zero-order valence-corrected chi connectivity index (χ0v) is 24.5. The van der Waals surface area contributed by atoms with E-state index in [4.69, 9.17) is 9.47 Å². The first-order valence-corrected chi connectivity index (χ1v) is 13.8. The summed E-state index contributed by atoms with van der Waals surface area (Å²) in [5, 5.41) is 0. The highest BCUT2D eigenvalue weighted by molar-refractivity contribution is 5.98. The van der Waals surface area contributed by atoms with E-state index in [1.165, 1.54) is 12.1 Å². The van der Waals surface area contributed by atoms with Gasteiger partial charge in [0.05, 0.1) is 25.7 Å². The molecule has 1 saturated carbocycles. The van der Waals surface area contributed by atoms with Gasteiger partial charge in [-0.3, -0.25) is 4.79 Å². The number of amides is 1. The fraction of sp³-hybridized carbons (Fsp3) is 0.469. The maximum atomic E-state index is 13.9. The lowest BCUT2D eigenvalue weighted by atomic mass is 9.93. The molecule has 7 heteroatoms. The van der Waals surface area contributed by atoms with Crippen molar-refractivity contribution >= 4 is 17.6 Å². The van der Waals surface area contributed by atoms with Crippen molar-refractivity contribution in [2.45, 2.75) is 72.6 Å². The van der Waals surface area contributed by atoms with E-state index in [2.05, 4.69) is 4.99 Å². The molecule has 1 aliphatic carbocycles. The van der Waals surface area contributed by atoms with Crippen molar-refractivity contribution in [3.8, 4) is 5.75 Å². The minimum absolute atomic E-state index is 0.0429. The first kappa shape index (κ1) is 31.7. The van der Waals surface area contributed by atoms with Crippen molar-refractivity contribution in [3.63, 3.8) is 0 Å². The molecule has 39 heavy (non-hydrogen) atoms. The molecule has 2 aromatic rings. The molecule has 2 aromatic carbocycles. The van der Waals surface area contributed by atoms with Crippen molar-refractivity contribution in [2.24, 2.45) is 4.99 Å². The highest BCUT2D eigenvalue weighted by atomic mass is 19.1. The quantitative estimate of drug-likeness (QED) is 0.172. The van der Waals surface area contributed by atoms with Crippen LogP contribution >= 0.6 is 0 Å². The number of aryl methyl sites for hydroxylation is 1. The van der Waals surface area contributed by atoms with E-state index in [1.807, 2.05) is 69.9 Å². The van der Waals surface area contributed by atoms with Crippen molar-refractivity contribution in [3.05, 3.63) is 76.7 Å². The molecule has 0 bridgehead atoms. The Morgan fingerprint density at radius 3 is 2.26 bits per heavy atom. The van der Waals surface area contributed by atoms with Gasteiger partial charge in [-0.05, 0) is 94.3 Å². The van der Waals surface area contributed by atoms with Gasteiger partial charge in [0, 0.05) is 12.3 Å². The van der Waals surface area contributed by atoms with E-state index in [0.29, 0.717) is 25.1 Å². The topological polar surface area (TPSA) is 68.2 Å². The van der Waals surface area contributed by atoms with Crippen LogP contribution in [-0.2, 0) is 26.2 Å². The minimum Gasteiger partial charge on any atom is -0.497 e. The van der Waals surface area contributed by atoms with E-state index in [1.54, 1.807) is 20.1 Å². The zero-order chi connectivity index (χ0) is 29.0. The summed E-state index contributed by atoms with van der Waals surface area (Å²) in [4.78, 5) is 32.7. The number of allylic oxidation sites excluding steroid dienone is 1. The molecule has 0 unspecified atom stereocenters. The average Bonchev–Trinajstić information content (AvgIpc) is 3.74. The van der Waals surface area contributed by atoms with Gasteiger partial charge in [0.1, 0.15) is 17.3 Å². The number of carbonyl (C=O) groups is 2. The van der Waals surface area contributed by atoms with Gasteiger partial charge >= 0.3 is 5.97 Å². The van der Waals surface area contributed by atoms with Crippen molar-refractivity contribution < 1.29 is 23.5 Å². The summed E-state index contributed by atoms with van der Waals surface area (Å²) in [5.74, 6) is 0.0530. The number of hydrogen-bond donors (Lipinski definition) is 0. The van der Waals surface area contributed by atoms with Crippen molar-refractivity contribution in [1.29, 1.82) is 0 Å². The second-order valence-electron chi connectivity index (χ2n) is 9.69. The van der Waals surface area contributed by atoms with Crippen molar-refractivity contribution in [1.82, 2.24) is 4.90 Å². The summed E-state index contributed by atoms with van der Waals surface area (Å²) in [6.45, 7) is 12.2. The van der Waals surface area contributed by atoms with Gasteiger partial charge in [-0.1, -0.05) is 38.1 Å². The molecule has 1 fully saturated rings. The number of aliphatic imine (C=N–C) groups is 1. The molecule has 0 radical (unpaired) electrons. The first-order chi connectivity index (χ1) is 18.7. The van der Waals surface area contributed by atoms with Crippen LogP contribution in [0.3, 0.4) is 0 Å². The van der Waals surface area contributed by atoms with Crippen LogP contribution in [0.25, 0.3) is 0 Å². The summed E-state index contributed by atoms with van der Waals surface area (Å²) < 4.78 is 24.1. The number of hydrogen-bond acceptors (Lipinski definition) is 5. The Kier molecular flexibility index (Phi) is 12.4. The summed E-state index contributed by atoms with van der Waals surface area (Å²) >= 11 is 0. The van der Waals surface area contributed by atoms with Gasteiger partial charge in [-0.2, -0.15) is 0 Å². The molecular formula is C32H43FN2O4. The third-order valence-electron chi connectivity index (χ3n) is 6.54. The van der Waals surface area contributed by atoms with Gasteiger partial charge in [0.15, 0.2) is 0 Å². The Labute approximate surface area is 232 Å². The van der Waals surface area contributed by atoms with Gasteiger partial charge in [0.2, 0.25) is 5.91 Å². The molecule has 0 heterocycles. The molecule has 0 saturated heterocycles. The monoisotopic (exact) mass is 538 g/mol. The van der Waals surface area contributed by atoms with E-state index < -0.39 is 11.4 Å². The highest BCUT2D eigenvalue weighted by Crippen LogP contribution is 2.50. The molecule has 6 nitrogen and oxygen atoms in total. The van der Waals surface area contributed by atoms with Gasteiger partial charge in [0.25, 0.3) is 0 Å². The molecule has 0 aromatic heterocycles. The average molecular weight is 539 g/mol. The van der Waals surface area contributed by atoms with Crippen LogP contribution in [0.4, 0.5) is 4.39 Å². The minimum atomic E-state index is -0.564. The second kappa shape index (κ2) is 15.2. The summed E-state index contributed by atoms with van der Waals surface area (Å²) in [5.41, 5.74) is 2.96. The molecule has 0 atom stereocenters. The van der Waals surface area contributed by atoms with Crippen molar-refractivity contribution in [2.75, 3.05) is 26.8 Å². The van der Waals surface area contributed by atoms with Crippen LogP contribution in [0.5, 0.6) is 5.75 Å². The third-order valence-corrected chi connectivity index (χ3v) is 6.54. The Balaban J connectivity index is 0.00000260. The van der Waals surface area contributed by atoms with Gasteiger partial charge in [-0.15, -0.1) is 0 Å². The lowest BCUT2D eigenvalue weighted by Crippen LogP contribution is -2.42. The van der Waals surface area contributed by atoms with Crippen LogP contribution in [0, 0.1) is 5.82 Å². The van der Waals surface area contributed by atoms with Gasteiger partial charge in [-0.25, -0.2) is 14.2 Å². The molecular weight excluding hydrogens is 495 g/mol. The maximum absolute atomic E-state index is 13.9. The first-order valence-electron chi connectivity index (χ1n) is 13.8. The molecule has 1 aliphatic rings. The second-order valence-corrected chi connectivity index (χ2v) is 9.69. The van der Waals surface area contributed by atoms with E-state index in [-0.39, 0.29) is 30.6 Å². The maximum Gasteiger partial charge on any atom is 0.356 e. The number of benzene rings is 2. The number of rotatable bonds is 12. The molecule has 0 aliphatic heterocycles. The number of ether oxygens (including phenoxy) is 2. The lowest BCUT2D eigenvalue weighted by molar-refractivity contribution is -0.138. The Morgan fingerprint density at radius 1 is 1.05 bits per heavy atom. The van der Waals surface area contributed by atoms with E-state index in [0.717, 1.165) is 35.3 Å². The number of nitrogens with zero attached hydrogens (tertiary/aromatic N) is 2. The van der Waals surface area contributed by atoms with E-state index in [9.17, 15) is 14.0 Å². The number of esters is 1. The summed E-state index contributed by atoms with van der Waals surface area (Å²) in [7, 11) is 1.62. The third kappa shape index (κ3) is 8.77. The highest BCUT2D eigenvalue weighted by Gasteiger charge is 2.52. The lowest BCUT2D eigenvalue weighted by Gasteiger charge is -2.28. The molecule has 1 amide bonds. The van der Waals surface area contributed by atoms with E-state index >= 15 is 0 Å². The van der Waals surface area contributed by atoms with Gasteiger partial charge < -0.3 is 14.4 Å². The predicted octanol–water partition coefficient (Wildman–Crippen LogP) is 6.67. The fourth-order valence-corrected chi connectivity index (χ4v) is 4.45. The Bertz CT molecular complexity index is 1160. The van der Waals surface area contributed by atoms with Crippen LogP contribution in [0.1, 0.15) is 71.9 Å². The smallest absolute Gasteiger partial charge is 0.356 e. The predicted molar refractivity (Wildman–Crippen MR) is 155 cm³/mol. The molecule has 212 valence electrons. The van der Waals surface area contributed by atoms with Crippen LogP contribution in [0.2, 0.25) is 0 Å². The number of halogens is 1. The van der Waals surface area contributed by atoms with Crippen LogP contribution in [-0.4, -0.2) is 49.3 Å². The normalized spacial score (nSPS) is 13.5.